The summed E-state index contributed by atoms with van der Waals surface area (Å²) in [5.74, 6) is 3.05. The second kappa shape index (κ2) is 4.82. The largest absolute Gasteiger partial charge is 0.299 e. The molecule has 0 aromatic carbocycles. The van der Waals surface area contributed by atoms with Crippen LogP contribution in [-0.2, 0) is 4.79 Å². The van der Waals surface area contributed by atoms with Gasteiger partial charge in [-0.15, -0.1) is 6.58 Å². The Balaban J connectivity index is 1.67. The monoisotopic (exact) mass is 298 g/mol. The van der Waals surface area contributed by atoms with E-state index in [-0.39, 0.29) is 0 Å². The number of hydrogen-bond donors (Lipinski definition) is 0. The van der Waals surface area contributed by atoms with Crippen LogP contribution in [0.1, 0.15) is 71.6 Å². The first-order chi connectivity index (χ1) is 10.5. The van der Waals surface area contributed by atoms with Crippen molar-refractivity contribution in [3.05, 3.63) is 23.8 Å². The fourth-order valence-corrected chi connectivity index (χ4v) is 6.69. The van der Waals surface area contributed by atoms with Crippen molar-refractivity contribution in [3.8, 4) is 0 Å². The molecular formula is C21H30O. The van der Waals surface area contributed by atoms with E-state index in [4.69, 9.17) is 0 Å². The molecule has 0 saturated heterocycles. The van der Waals surface area contributed by atoms with Crippen LogP contribution in [0.25, 0.3) is 0 Å². The fourth-order valence-electron chi connectivity index (χ4n) is 6.69. The molecule has 22 heavy (non-hydrogen) atoms. The Morgan fingerprint density at radius 2 is 1.91 bits per heavy atom. The number of rotatable bonds is 1. The van der Waals surface area contributed by atoms with Gasteiger partial charge in [0.05, 0.1) is 0 Å². The molecule has 2 saturated carbocycles. The SMILES string of the molecule is C=C[C@]1(C)CCC2C3CCC4=C(CCC(=O)C4)C3CCC21C. The number of hydrogen-bond acceptors (Lipinski definition) is 1. The number of carbonyl (C=O) groups excluding carboxylic acids is 1. The minimum Gasteiger partial charge on any atom is -0.299 e. The predicted molar refractivity (Wildman–Crippen MR) is 90.5 cm³/mol. The summed E-state index contributed by atoms with van der Waals surface area (Å²) in [5.41, 5.74) is 4.06. The van der Waals surface area contributed by atoms with E-state index in [9.17, 15) is 4.79 Å². The van der Waals surface area contributed by atoms with Gasteiger partial charge in [0, 0.05) is 12.8 Å². The van der Waals surface area contributed by atoms with Crippen LogP contribution >= 0.6 is 0 Å². The van der Waals surface area contributed by atoms with Crippen LogP contribution < -0.4 is 0 Å². The zero-order chi connectivity index (χ0) is 15.5. The highest BCUT2D eigenvalue weighted by Crippen LogP contribution is 2.67. The molecule has 2 fully saturated rings. The summed E-state index contributed by atoms with van der Waals surface area (Å²) in [4.78, 5) is 11.8. The molecule has 0 aromatic heterocycles. The van der Waals surface area contributed by atoms with Crippen LogP contribution in [0.2, 0.25) is 0 Å². The molecule has 0 aliphatic heterocycles. The first-order valence-corrected chi connectivity index (χ1v) is 9.34. The average molecular weight is 298 g/mol. The molecule has 0 spiro atoms. The number of allylic oxidation sites excluding steroid dienone is 3. The molecule has 1 heteroatoms. The van der Waals surface area contributed by atoms with Gasteiger partial charge in [0.2, 0.25) is 0 Å². The highest BCUT2D eigenvalue weighted by Gasteiger charge is 2.58. The number of fused-ring (bicyclic) bond motifs is 4. The van der Waals surface area contributed by atoms with Gasteiger partial charge >= 0.3 is 0 Å². The van der Waals surface area contributed by atoms with Crippen molar-refractivity contribution in [2.75, 3.05) is 0 Å². The highest BCUT2D eigenvalue weighted by atomic mass is 16.1. The normalized spacial score (nSPS) is 47.7. The summed E-state index contributed by atoms with van der Waals surface area (Å²) >= 11 is 0. The molecule has 0 heterocycles. The molecule has 120 valence electrons. The van der Waals surface area contributed by atoms with E-state index in [0.717, 1.165) is 37.0 Å². The lowest BCUT2D eigenvalue weighted by atomic mass is 9.50. The van der Waals surface area contributed by atoms with Crippen LogP contribution in [-0.4, -0.2) is 5.78 Å². The van der Waals surface area contributed by atoms with Gasteiger partial charge in [-0.25, -0.2) is 0 Å². The summed E-state index contributed by atoms with van der Waals surface area (Å²) in [7, 11) is 0. The van der Waals surface area contributed by atoms with Crippen molar-refractivity contribution < 1.29 is 4.79 Å². The van der Waals surface area contributed by atoms with Gasteiger partial charge in [-0.05, 0) is 73.5 Å². The summed E-state index contributed by atoms with van der Waals surface area (Å²) < 4.78 is 0. The summed E-state index contributed by atoms with van der Waals surface area (Å²) in [6.07, 6.45) is 12.9. The first-order valence-electron chi connectivity index (χ1n) is 9.34. The quantitative estimate of drug-likeness (QED) is 0.587. The molecule has 0 N–H and O–H groups in total. The second-order valence-corrected chi connectivity index (χ2v) is 8.88. The van der Waals surface area contributed by atoms with E-state index in [1.165, 1.54) is 38.5 Å². The minimum absolute atomic E-state index is 0.333. The van der Waals surface area contributed by atoms with Gasteiger partial charge in [-0.1, -0.05) is 31.1 Å². The van der Waals surface area contributed by atoms with Crippen molar-refractivity contribution in [1.29, 1.82) is 0 Å². The summed E-state index contributed by atoms with van der Waals surface area (Å²) in [6, 6.07) is 0. The van der Waals surface area contributed by atoms with E-state index in [1.807, 2.05) is 0 Å². The van der Waals surface area contributed by atoms with Crippen LogP contribution in [0.4, 0.5) is 0 Å². The first kappa shape index (κ1) is 14.7. The lowest BCUT2D eigenvalue weighted by molar-refractivity contribution is -0.119. The lowest BCUT2D eigenvalue weighted by Gasteiger charge is -2.54. The second-order valence-electron chi connectivity index (χ2n) is 8.88. The third kappa shape index (κ3) is 1.80. The Kier molecular flexibility index (Phi) is 3.23. The van der Waals surface area contributed by atoms with Crippen molar-refractivity contribution in [2.45, 2.75) is 71.6 Å². The van der Waals surface area contributed by atoms with E-state index in [0.29, 0.717) is 16.6 Å². The van der Waals surface area contributed by atoms with Crippen LogP contribution in [0.15, 0.2) is 23.8 Å². The van der Waals surface area contributed by atoms with Crippen molar-refractivity contribution in [3.63, 3.8) is 0 Å². The smallest absolute Gasteiger partial charge is 0.137 e. The van der Waals surface area contributed by atoms with E-state index < -0.39 is 0 Å². The number of ketones is 1. The Hall–Kier alpha value is -0.850. The van der Waals surface area contributed by atoms with Crippen molar-refractivity contribution >= 4 is 5.78 Å². The number of carbonyl (C=O) groups is 1. The maximum absolute atomic E-state index is 11.8. The maximum Gasteiger partial charge on any atom is 0.137 e. The minimum atomic E-state index is 0.333. The third-order valence-corrected chi connectivity index (χ3v) is 8.32. The molecule has 1 nitrogen and oxygen atoms in total. The summed E-state index contributed by atoms with van der Waals surface area (Å²) in [5, 5.41) is 0. The zero-order valence-corrected chi connectivity index (χ0v) is 14.3. The van der Waals surface area contributed by atoms with Crippen molar-refractivity contribution in [1.82, 2.24) is 0 Å². The molecule has 4 aliphatic rings. The molecule has 4 rings (SSSR count). The molecule has 0 amide bonds. The third-order valence-electron chi connectivity index (χ3n) is 8.32. The molecule has 0 radical (unpaired) electrons. The molecule has 5 atom stereocenters. The maximum atomic E-state index is 11.8. The Labute approximate surface area is 135 Å². The van der Waals surface area contributed by atoms with E-state index in [2.05, 4.69) is 26.5 Å². The number of Topliss-reactive ketones (excluding diaryl/α,β-unsaturated/α-hetero) is 1. The van der Waals surface area contributed by atoms with Gasteiger partial charge < -0.3 is 0 Å². The van der Waals surface area contributed by atoms with Gasteiger partial charge in [-0.2, -0.15) is 0 Å². The Morgan fingerprint density at radius 3 is 2.68 bits per heavy atom. The molecular weight excluding hydrogens is 268 g/mol. The fraction of sp³-hybridized carbons (Fsp3) is 0.762. The van der Waals surface area contributed by atoms with Crippen LogP contribution in [0.5, 0.6) is 0 Å². The van der Waals surface area contributed by atoms with Crippen LogP contribution in [0.3, 0.4) is 0 Å². The van der Waals surface area contributed by atoms with Crippen molar-refractivity contribution in [2.24, 2.45) is 28.6 Å². The topological polar surface area (TPSA) is 17.1 Å². The van der Waals surface area contributed by atoms with Gasteiger partial charge in [-0.3, -0.25) is 4.79 Å². The lowest BCUT2D eigenvalue weighted by Crippen LogP contribution is -2.46. The molecule has 0 aromatic rings. The standard InChI is InChI=1S/C21H30O/c1-4-20(2)11-10-19-18-7-5-14-13-15(22)6-8-16(14)17(18)9-12-21(19,20)3/h4,17-19H,1,5-13H2,2-3H3/t17?,18?,19?,20-,21?/m1/s1. The average Bonchev–Trinajstić information content (AvgIpc) is 2.79. The molecule has 4 unspecified atom stereocenters. The molecule has 4 aliphatic carbocycles. The Bertz CT molecular complexity index is 556. The van der Waals surface area contributed by atoms with Gasteiger partial charge in [0.1, 0.15) is 5.78 Å². The zero-order valence-electron chi connectivity index (χ0n) is 14.3. The Morgan fingerprint density at radius 1 is 1.09 bits per heavy atom. The van der Waals surface area contributed by atoms with E-state index >= 15 is 0 Å². The summed E-state index contributed by atoms with van der Waals surface area (Å²) in [6.45, 7) is 9.19. The van der Waals surface area contributed by atoms with Crippen LogP contribution in [0, 0.1) is 28.6 Å². The molecule has 0 bridgehead atoms. The van der Waals surface area contributed by atoms with Gasteiger partial charge in [0.25, 0.3) is 0 Å². The predicted octanol–water partition coefficient (Wildman–Crippen LogP) is 5.46. The van der Waals surface area contributed by atoms with E-state index in [1.54, 1.807) is 11.1 Å². The van der Waals surface area contributed by atoms with Gasteiger partial charge in [0.15, 0.2) is 0 Å². The highest BCUT2D eigenvalue weighted by molar-refractivity contribution is 5.82.